The number of terminal acetylenes is 1. The molecule has 5 nitrogen and oxygen atoms in total. The van der Waals surface area contributed by atoms with Crippen LogP contribution in [-0.4, -0.2) is 36.5 Å². The molecule has 2 aliphatic carbocycles. The number of allylic oxidation sites excluding steroid dienone is 8. The van der Waals surface area contributed by atoms with Crippen LogP contribution < -0.4 is 5.73 Å². The van der Waals surface area contributed by atoms with Gasteiger partial charge in [-0.25, -0.2) is 26.5 Å². The Morgan fingerprint density at radius 3 is 2.50 bits per heavy atom. The van der Waals surface area contributed by atoms with Gasteiger partial charge in [-0.1, -0.05) is 30.2 Å². The van der Waals surface area contributed by atoms with E-state index in [0.29, 0.717) is 6.42 Å². The largest absolute Gasteiger partial charge is 0.369 e. The third kappa shape index (κ3) is 3.42. The van der Waals surface area contributed by atoms with E-state index in [-0.39, 0.29) is 18.3 Å². The molecule has 0 aromatic heterocycles. The van der Waals surface area contributed by atoms with Gasteiger partial charge in [0.15, 0.2) is 5.54 Å². The van der Waals surface area contributed by atoms with E-state index >= 15 is 0 Å². The predicted molar refractivity (Wildman–Crippen MR) is 106 cm³/mol. The van der Waals surface area contributed by atoms with Gasteiger partial charge in [-0.2, -0.15) is 0 Å². The number of guanidine groups is 1. The number of hydrogen-bond acceptors (Lipinski definition) is 4. The molecule has 0 saturated heterocycles. The van der Waals surface area contributed by atoms with Gasteiger partial charge in [0.25, 0.3) is 0 Å². The normalized spacial score (nSPS) is 32.2. The molecule has 0 aromatic rings. The van der Waals surface area contributed by atoms with Crippen molar-refractivity contribution in [2.24, 2.45) is 22.6 Å². The van der Waals surface area contributed by atoms with E-state index in [9.17, 15) is 17.2 Å². The van der Waals surface area contributed by atoms with Crippen molar-refractivity contribution in [3.05, 3.63) is 60.3 Å². The highest BCUT2D eigenvalue weighted by molar-refractivity contribution is 7.90. The van der Waals surface area contributed by atoms with E-state index in [0.717, 1.165) is 28.6 Å². The van der Waals surface area contributed by atoms with E-state index in [1.807, 2.05) is 24.3 Å². The summed E-state index contributed by atoms with van der Waals surface area (Å²) in [4.78, 5) is 4.30. The van der Waals surface area contributed by atoms with Gasteiger partial charge in [-0.3, -0.25) is 0 Å². The summed E-state index contributed by atoms with van der Waals surface area (Å²) in [6.45, 7) is 0. The van der Waals surface area contributed by atoms with Gasteiger partial charge in [0.05, 0.1) is 0 Å². The van der Waals surface area contributed by atoms with Crippen LogP contribution in [0, 0.1) is 24.2 Å². The lowest BCUT2D eigenvalue weighted by molar-refractivity contribution is 0.362. The highest BCUT2D eigenvalue weighted by Crippen LogP contribution is 2.42. The van der Waals surface area contributed by atoms with Crippen LogP contribution in [0.2, 0.25) is 0 Å². The summed E-state index contributed by atoms with van der Waals surface area (Å²) in [6.07, 6.45) is 18.2. The monoisotopic (exact) mass is 405 g/mol. The van der Waals surface area contributed by atoms with Crippen LogP contribution in [0.5, 0.6) is 0 Å². The van der Waals surface area contributed by atoms with Gasteiger partial charge in [0.1, 0.15) is 16.9 Å². The maximum Gasteiger partial charge on any atom is 0.243 e. The van der Waals surface area contributed by atoms with Crippen molar-refractivity contribution in [1.29, 1.82) is 0 Å². The molecule has 3 rings (SSSR count). The van der Waals surface area contributed by atoms with Crippen molar-refractivity contribution in [1.82, 2.24) is 4.31 Å². The molecule has 2 N–H and O–H groups in total. The molecule has 3 aliphatic rings. The average Bonchev–Trinajstić information content (AvgIpc) is 2.84. The Kier molecular flexibility index (Phi) is 5.31. The van der Waals surface area contributed by atoms with Crippen LogP contribution in [0.1, 0.15) is 12.8 Å². The van der Waals surface area contributed by atoms with Crippen LogP contribution in [-0.2, 0) is 10.0 Å². The van der Waals surface area contributed by atoms with Gasteiger partial charge in [-0.15, -0.1) is 6.42 Å². The zero-order valence-electron chi connectivity index (χ0n) is 15.3. The fraction of sp³-hybridized carbons (Fsp3) is 0.350. The van der Waals surface area contributed by atoms with Crippen molar-refractivity contribution in [2.45, 2.75) is 23.6 Å². The Bertz CT molecular complexity index is 963. The minimum absolute atomic E-state index is 0.105. The molecule has 8 heteroatoms. The Morgan fingerprint density at radius 2 is 1.96 bits per heavy atom. The summed E-state index contributed by atoms with van der Waals surface area (Å²) < 4.78 is 55.6. The van der Waals surface area contributed by atoms with E-state index < -0.39 is 38.4 Å². The fourth-order valence-electron chi connectivity index (χ4n) is 3.69. The SMILES string of the molecule is C#CC1(C2C=C(F)C=CC(F)=C2)N=C(N)N(C)S(=O)(=O)C1CC1C=CC=CC1. The van der Waals surface area contributed by atoms with Crippen LogP contribution in [0.4, 0.5) is 8.78 Å². The van der Waals surface area contributed by atoms with Crippen LogP contribution >= 0.6 is 0 Å². The molecule has 0 bridgehead atoms. The second-order valence-electron chi connectivity index (χ2n) is 6.95. The number of sulfonamides is 1. The molecule has 3 unspecified atom stereocenters. The molecule has 0 aromatic carbocycles. The smallest absolute Gasteiger partial charge is 0.243 e. The second-order valence-corrected chi connectivity index (χ2v) is 9.09. The highest BCUT2D eigenvalue weighted by Gasteiger charge is 2.55. The van der Waals surface area contributed by atoms with Crippen LogP contribution in [0.3, 0.4) is 0 Å². The molecule has 0 amide bonds. The molecular formula is C20H21F2N3O2S. The average molecular weight is 405 g/mol. The molecule has 0 fully saturated rings. The highest BCUT2D eigenvalue weighted by atomic mass is 32.2. The van der Waals surface area contributed by atoms with Crippen molar-refractivity contribution >= 4 is 16.0 Å². The van der Waals surface area contributed by atoms with Gasteiger partial charge < -0.3 is 5.73 Å². The zero-order chi connectivity index (χ0) is 20.5. The zero-order valence-corrected chi connectivity index (χ0v) is 16.1. The first-order valence-electron chi connectivity index (χ1n) is 8.77. The van der Waals surface area contributed by atoms with Gasteiger partial charge in [0.2, 0.25) is 16.0 Å². The Morgan fingerprint density at radius 1 is 1.32 bits per heavy atom. The van der Waals surface area contributed by atoms with Gasteiger partial charge in [-0.05, 0) is 43.1 Å². The van der Waals surface area contributed by atoms with E-state index in [4.69, 9.17) is 12.2 Å². The number of hydrogen-bond donors (Lipinski definition) is 1. The summed E-state index contributed by atoms with van der Waals surface area (Å²) in [7, 11) is -2.72. The fourth-order valence-corrected chi connectivity index (χ4v) is 5.59. The molecule has 148 valence electrons. The summed E-state index contributed by atoms with van der Waals surface area (Å²) >= 11 is 0. The van der Waals surface area contributed by atoms with Crippen molar-refractivity contribution in [2.75, 3.05) is 7.05 Å². The summed E-state index contributed by atoms with van der Waals surface area (Å²) in [6, 6.07) is 0. The minimum atomic E-state index is -4.01. The summed E-state index contributed by atoms with van der Waals surface area (Å²) in [5, 5.41) is -1.21. The molecule has 1 heterocycles. The van der Waals surface area contributed by atoms with Crippen molar-refractivity contribution in [3.63, 3.8) is 0 Å². The topological polar surface area (TPSA) is 75.8 Å². The maximum absolute atomic E-state index is 14.1. The number of rotatable bonds is 3. The molecular weight excluding hydrogens is 384 g/mol. The third-order valence-corrected chi connectivity index (χ3v) is 7.48. The standard InChI is InChI=1S/C20H21F2N3O2S/c1-3-20(15-12-16(21)9-10-17(22)13-15)18(11-14-7-5-4-6-8-14)28(26,27)25(2)19(23)24-20/h1,4-7,9-10,12-15,18H,8,11H2,2H3,(H2,23,24). The Labute approximate surface area is 163 Å². The van der Waals surface area contributed by atoms with Crippen LogP contribution in [0.15, 0.2) is 65.3 Å². The molecule has 1 aliphatic heterocycles. The number of nitrogens with two attached hydrogens (primary N) is 1. The van der Waals surface area contributed by atoms with Crippen molar-refractivity contribution < 1.29 is 17.2 Å². The quantitative estimate of drug-likeness (QED) is 0.734. The minimum Gasteiger partial charge on any atom is -0.369 e. The lowest BCUT2D eigenvalue weighted by Crippen LogP contribution is -2.61. The summed E-state index contributed by atoms with van der Waals surface area (Å²) in [5.41, 5.74) is 4.07. The second kappa shape index (κ2) is 7.40. The lowest BCUT2D eigenvalue weighted by Gasteiger charge is -2.43. The molecule has 0 spiro atoms. The molecule has 3 atom stereocenters. The third-order valence-electron chi connectivity index (χ3n) is 5.26. The number of aliphatic imine (C=N–C) groups is 1. The van der Waals surface area contributed by atoms with Crippen LogP contribution in [0.25, 0.3) is 0 Å². The van der Waals surface area contributed by atoms with Gasteiger partial charge in [0, 0.05) is 13.0 Å². The molecule has 0 radical (unpaired) electrons. The summed E-state index contributed by atoms with van der Waals surface area (Å²) in [5.74, 6) is -0.560. The number of nitrogens with zero attached hydrogens (tertiary/aromatic N) is 2. The van der Waals surface area contributed by atoms with E-state index in [1.165, 1.54) is 7.05 Å². The lowest BCUT2D eigenvalue weighted by atomic mass is 9.77. The first-order valence-corrected chi connectivity index (χ1v) is 10.3. The maximum atomic E-state index is 14.1. The first-order chi connectivity index (χ1) is 13.2. The van der Waals surface area contributed by atoms with Crippen molar-refractivity contribution in [3.8, 4) is 12.3 Å². The Hall–Kier alpha value is -2.66. The molecule has 0 saturated carbocycles. The van der Waals surface area contributed by atoms with E-state index in [2.05, 4.69) is 10.9 Å². The van der Waals surface area contributed by atoms with E-state index in [1.54, 1.807) is 0 Å². The molecule has 28 heavy (non-hydrogen) atoms. The van der Waals surface area contributed by atoms with Gasteiger partial charge >= 0.3 is 0 Å². The first kappa shape index (κ1) is 20.1. The predicted octanol–water partition coefficient (Wildman–Crippen LogP) is 2.73. The number of halogens is 2. The Balaban J connectivity index is 2.18.